The van der Waals surface area contributed by atoms with Crippen LogP contribution >= 0.6 is 0 Å². The third kappa shape index (κ3) is 4.46. The lowest BCUT2D eigenvalue weighted by molar-refractivity contribution is -0.120. The van der Waals surface area contributed by atoms with E-state index in [0.717, 1.165) is 11.1 Å². The molecule has 1 aliphatic heterocycles. The zero-order valence-corrected chi connectivity index (χ0v) is 16.4. The summed E-state index contributed by atoms with van der Waals surface area (Å²) in [6.45, 7) is 9.55. The highest BCUT2D eigenvalue weighted by Gasteiger charge is 2.41. The number of hydrogen-bond donors (Lipinski definition) is 2. The molecule has 1 heterocycles. The van der Waals surface area contributed by atoms with Gasteiger partial charge in [0.2, 0.25) is 5.91 Å². The van der Waals surface area contributed by atoms with Crippen molar-refractivity contribution in [1.29, 1.82) is 0 Å². The minimum atomic E-state index is -0.671. The molecule has 1 aliphatic rings. The largest absolute Gasteiger partial charge is 0.444 e. The summed E-state index contributed by atoms with van der Waals surface area (Å²) in [4.78, 5) is 26.8. The topological polar surface area (TPSA) is 93.9 Å². The number of nitrogens with two attached hydrogens (primary N) is 1. The monoisotopic (exact) mass is 363 g/mol. The van der Waals surface area contributed by atoms with Gasteiger partial charge in [-0.1, -0.05) is 6.07 Å². The Morgan fingerprint density at radius 3 is 2.50 bits per heavy atom. The van der Waals surface area contributed by atoms with E-state index >= 15 is 0 Å². The standard InChI is InChI=1S/C19H29N3O4/c1-11-7-8-14(16(20)12(11)2)21-17(23)15-9-13(25-6)10-22(15)18(24)26-19(3,4)5/h7-8,13,15H,9-10,20H2,1-6H3,(H,21,23). The Hall–Kier alpha value is -2.28. The smallest absolute Gasteiger partial charge is 0.411 e. The molecule has 7 heteroatoms. The van der Waals surface area contributed by atoms with Crippen LogP contribution < -0.4 is 11.1 Å². The Morgan fingerprint density at radius 1 is 1.27 bits per heavy atom. The van der Waals surface area contributed by atoms with Crippen molar-refractivity contribution in [2.45, 2.75) is 58.8 Å². The number of methoxy groups -OCH3 is 1. The number of carbonyl (C=O) groups excluding carboxylic acids is 2. The first-order valence-corrected chi connectivity index (χ1v) is 8.72. The molecule has 2 amide bonds. The van der Waals surface area contributed by atoms with Crippen molar-refractivity contribution in [2.24, 2.45) is 0 Å². The minimum absolute atomic E-state index is 0.213. The lowest BCUT2D eigenvalue weighted by Gasteiger charge is -2.28. The molecule has 0 spiro atoms. The van der Waals surface area contributed by atoms with E-state index in [1.165, 1.54) is 4.90 Å². The zero-order valence-electron chi connectivity index (χ0n) is 16.4. The van der Waals surface area contributed by atoms with Gasteiger partial charge in [0.1, 0.15) is 11.6 Å². The maximum Gasteiger partial charge on any atom is 0.411 e. The quantitative estimate of drug-likeness (QED) is 0.806. The zero-order chi connectivity index (χ0) is 19.6. The van der Waals surface area contributed by atoms with Crippen molar-refractivity contribution in [3.8, 4) is 0 Å². The van der Waals surface area contributed by atoms with Crippen LogP contribution in [0.1, 0.15) is 38.3 Å². The summed E-state index contributed by atoms with van der Waals surface area (Å²) in [7, 11) is 1.57. The molecule has 0 aliphatic carbocycles. The van der Waals surface area contributed by atoms with E-state index in [-0.39, 0.29) is 12.0 Å². The highest BCUT2D eigenvalue weighted by Crippen LogP contribution is 2.28. The highest BCUT2D eigenvalue weighted by molar-refractivity contribution is 5.99. The molecular formula is C19H29N3O4. The number of anilines is 2. The van der Waals surface area contributed by atoms with Crippen LogP contribution in [-0.2, 0) is 14.3 Å². The van der Waals surface area contributed by atoms with Gasteiger partial charge < -0.3 is 20.5 Å². The summed E-state index contributed by atoms with van der Waals surface area (Å²) in [5, 5.41) is 2.84. The van der Waals surface area contributed by atoms with Crippen molar-refractivity contribution >= 4 is 23.4 Å². The predicted molar refractivity (Wildman–Crippen MR) is 101 cm³/mol. The molecule has 2 unspecified atom stereocenters. The number of ether oxygens (including phenoxy) is 2. The van der Waals surface area contributed by atoms with Crippen molar-refractivity contribution in [3.63, 3.8) is 0 Å². The van der Waals surface area contributed by atoms with E-state index in [0.29, 0.717) is 24.3 Å². The average molecular weight is 363 g/mol. The molecule has 144 valence electrons. The number of benzene rings is 1. The van der Waals surface area contributed by atoms with Gasteiger partial charge >= 0.3 is 6.09 Å². The summed E-state index contributed by atoms with van der Waals surface area (Å²) in [6.07, 6.45) is -0.326. The first-order chi connectivity index (χ1) is 12.0. The maximum atomic E-state index is 12.8. The molecule has 26 heavy (non-hydrogen) atoms. The molecule has 1 aromatic carbocycles. The predicted octanol–water partition coefficient (Wildman–Crippen LogP) is 2.85. The second-order valence-electron chi connectivity index (χ2n) is 7.70. The molecule has 0 bridgehead atoms. The van der Waals surface area contributed by atoms with E-state index in [9.17, 15) is 9.59 Å². The van der Waals surface area contributed by atoms with Crippen LogP contribution in [0.25, 0.3) is 0 Å². The van der Waals surface area contributed by atoms with E-state index in [2.05, 4.69) is 5.32 Å². The molecule has 1 fully saturated rings. The second kappa shape index (κ2) is 7.53. The number of carbonyl (C=O) groups is 2. The maximum absolute atomic E-state index is 12.8. The number of rotatable bonds is 3. The Balaban J connectivity index is 2.19. The normalized spacial score (nSPS) is 20.2. The third-order valence-corrected chi connectivity index (χ3v) is 4.57. The molecular weight excluding hydrogens is 334 g/mol. The van der Waals surface area contributed by atoms with Gasteiger partial charge in [0.05, 0.1) is 24.0 Å². The van der Waals surface area contributed by atoms with E-state index < -0.39 is 17.7 Å². The summed E-state index contributed by atoms with van der Waals surface area (Å²) >= 11 is 0. The van der Waals surface area contributed by atoms with Crippen LogP contribution in [0.5, 0.6) is 0 Å². The number of nitrogens with one attached hydrogen (secondary N) is 1. The van der Waals surface area contributed by atoms with Crippen molar-refractivity contribution in [3.05, 3.63) is 23.3 Å². The van der Waals surface area contributed by atoms with E-state index in [1.807, 2.05) is 19.9 Å². The number of amides is 2. The van der Waals surface area contributed by atoms with Gasteiger partial charge in [-0.3, -0.25) is 9.69 Å². The van der Waals surface area contributed by atoms with Crippen molar-refractivity contribution < 1.29 is 19.1 Å². The Labute approximate surface area is 154 Å². The van der Waals surface area contributed by atoms with Gasteiger partial charge in [0.25, 0.3) is 0 Å². The van der Waals surface area contributed by atoms with Gasteiger partial charge in [-0.05, 0) is 51.8 Å². The molecule has 2 atom stereocenters. The molecule has 0 radical (unpaired) electrons. The lowest BCUT2D eigenvalue weighted by atomic mass is 10.1. The Kier molecular flexibility index (Phi) is 5.81. The molecule has 1 aromatic rings. The average Bonchev–Trinajstić information content (AvgIpc) is 2.98. The lowest BCUT2D eigenvalue weighted by Crippen LogP contribution is -2.45. The summed E-state index contributed by atoms with van der Waals surface area (Å²) < 4.78 is 10.8. The SMILES string of the molecule is COC1CC(C(=O)Nc2ccc(C)c(C)c2N)N(C(=O)OC(C)(C)C)C1. The second-order valence-corrected chi connectivity index (χ2v) is 7.70. The number of nitrogen functional groups attached to an aromatic ring is 1. The van der Waals surface area contributed by atoms with Crippen molar-refractivity contribution in [2.75, 3.05) is 24.7 Å². The van der Waals surface area contributed by atoms with Crippen LogP contribution in [-0.4, -0.2) is 48.3 Å². The highest BCUT2D eigenvalue weighted by atomic mass is 16.6. The Bertz CT molecular complexity index is 697. The molecule has 1 saturated heterocycles. The minimum Gasteiger partial charge on any atom is -0.444 e. The van der Waals surface area contributed by atoms with Crippen LogP contribution in [0, 0.1) is 13.8 Å². The molecule has 0 saturated carbocycles. The van der Waals surface area contributed by atoms with Crippen LogP contribution in [0.15, 0.2) is 12.1 Å². The number of likely N-dealkylation sites (tertiary alicyclic amines) is 1. The van der Waals surface area contributed by atoms with E-state index in [1.54, 1.807) is 33.9 Å². The number of aryl methyl sites for hydroxylation is 1. The Morgan fingerprint density at radius 2 is 1.92 bits per heavy atom. The fourth-order valence-corrected chi connectivity index (χ4v) is 2.90. The van der Waals surface area contributed by atoms with Crippen LogP contribution in [0.2, 0.25) is 0 Å². The molecule has 2 rings (SSSR count). The van der Waals surface area contributed by atoms with Gasteiger partial charge in [-0.25, -0.2) is 4.79 Å². The van der Waals surface area contributed by atoms with Crippen molar-refractivity contribution in [1.82, 2.24) is 4.90 Å². The van der Waals surface area contributed by atoms with Gasteiger partial charge in [-0.15, -0.1) is 0 Å². The van der Waals surface area contributed by atoms with Crippen LogP contribution in [0.3, 0.4) is 0 Å². The molecule has 0 aromatic heterocycles. The van der Waals surface area contributed by atoms with Crippen LogP contribution in [0.4, 0.5) is 16.2 Å². The molecule has 7 nitrogen and oxygen atoms in total. The number of nitrogens with zero attached hydrogens (tertiary/aromatic N) is 1. The number of hydrogen-bond acceptors (Lipinski definition) is 5. The summed E-state index contributed by atoms with van der Waals surface area (Å²) in [6, 6.07) is 3.01. The molecule has 3 N–H and O–H groups in total. The first-order valence-electron chi connectivity index (χ1n) is 8.72. The van der Waals surface area contributed by atoms with Gasteiger partial charge in [-0.2, -0.15) is 0 Å². The van der Waals surface area contributed by atoms with Gasteiger partial charge in [0, 0.05) is 13.5 Å². The van der Waals surface area contributed by atoms with E-state index in [4.69, 9.17) is 15.2 Å². The fourth-order valence-electron chi connectivity index (χ4n) is 2.90. The summed E-state index contributed by atoms with van der Waals surface area (Å²) in [5.41, 5.74) is 8.53. The van der Waals surface area contributed by atoms with Gasteiger partial charge in [0.15, 0.2) is 0 Å². The first kappa shape index (κ1) is 20.0. The summed E-state index contributed by atoms with van der Waals surface area (Å²) in [5.74, 6) is -0.301. The third-order valence-electron chi connectivity index (χ3n) is 4.57. The fraction of sp³-hybridized carbons (Fsp3) is 0.579.